The third-order valence-electron chi connectivity index (χ3n) is 4.99. The average molecular weight is 385 g/mol. The van der Waals surface area contributed by atoms with Crippen LogP contribution in [0.5, 0.6) is 0 Å². The van der Waals surface area contributed by atoms with Crippen LogP contribution in [0.1, 0.15) is 24.1 Å². The average Bonchev–Trinajstić information content (AvgIpc) is 3.26. The predicted octanol–water partition coefficient (Wildman–Crippen LogP) is 2.05. The molecule has 1 fully saturated rings. The maximum Gasteiger partial charge on any atom is 0.331 e. The fourth-order valence-corrected chi connectivity index (χ4v) is 4.99. The zero-order chi connectivity index (χ0) is 19.2. The maximum absolute atomic E-state index is 13.0. The highest BCUT2D eigenvalue weighted by Gasteiger charge is 2.39. The van der Waals surface area contributed by atoms with Gasteiger partial charge in [-0.25, -0.2) is 17.5 Å². The zero-order valence-electron chi connectivity index (χ0n) is 14.8. The fraction of sp³-hybridized carbons (Fsp3) is 0.263. The molecule has 0 bridgehead atoms. The zero-order valence-corrected chi connectivity index (χ0v) is 15.6. The lowest BCUT2D eigenvalue weighted by Gasteiger charge is -2.17. The van der Waals surface area contributed by atoms with Gasteiger partial charge in [0.05, 0.1) is 17.5 Å². The Balaban J connectivity index is 1.63. The normalized spacial score (nSPS) is 19.1. The summed E-state index contributed by atoms with van der Waals surface area (Å²) in [6, 6.07) is 12.9. The van der Waals surface area contributed by atoms with Crippen LogP contribution in [-0.4, -0.2) is 37.8 Å². The minimum Gasteiger partial charge on any atom is -0.328 e. The van der Waals surface area contributed by atoms with Crippen LogP contribution in [0.3, 0.4) is 0 Å². The SMILES string of the molecule is CC(=O)N1CCc2cc(S(=O)(=O)N3CC(c4ccccc4)NC3=O)ccc21. The third-order valence-corrected chi connectivity index (χ3v) is 6.73. The molecule has 2 aliphatic heterocycles. The second-order valence-electron chi connectivity index (χ2n) is 6.66. The van der Waals surface area contributed by atoms with E-state index in [1.54, 1.807) is 17.0 Å². The number of benzene rings is 2. The number of rotatable bonds is 3. The molecule has 140 valence electrons. The molecule has 0 radical (unpaired) electrons. The van der Waals surface area contributed by atoms with E-state index in [9.17, 15) is 18.0 Å². The summed E-state index contributed by atoms with van der Waals surface area (Å²) in [5.74, 6) is -0.0750. The number of nitrogens with one attached hydrogen (secondary N) is 1. The van der Waals surface area contributed by atoms with Gasteiger partial charge in [0.25, 0.3) is 10.0 Å². The number of amides is 3. The topological polar surface area (TPSA) is 86.8 Å². The highest BCUT2D eigenvalue weighted by molar-refractivity contribution is 7.89. The Bertz CT molecular complexity index is 1020. The number of carbonyl (C=O) groups is 2. The van der Waals surface area contributed by atoms with Gasteiger partial charge in [0.2, 0.25) is 5.91 Å². The van der Waals surface area contributed by atoms with Crippen molar-refractivity contribution >= 4 is 27.6 Å². The first kappa shape index (κ1) is 17.5. The van der Waals surface area contributed by atoms with Crippen molar-refractivity contribution in [3.05, 3.63) is 59.7 Å². The lowest BCUT2D eigenvalue weighted by molar-refractivity contribution is -0.116. The summed E-state index contributed by atoms with van der Waals surface area (Å²) in [5, 5.41) is 2.73. The van der Waals surface area contributed by atoms with Crippen LogP contribution < -0.4 is 10.2 Å². The summed E-state index contributed by atoms with van der Waals surface area (Å²) in [4.78, 5) is 25.7. The van der Waals surface area contributed by atoms with E-state index in [1.807, 2.05) is 30.3 Å². The molecule has 0 aliphatic carbocycles. The number of anilines is 1. The van der Waals surface area contributed by atoms with Crippen molar-refractivity contribution < 1.29 is 18.0 Å². The second-order valence-corrected chi connectivity index (χ2v) is 8.52. The smallest absolute Gasteiger partial charge is 0.328 e. The molecule has 0 spiro atoms. The van der Waals surface area contributed by atoms with Gasteiger partial charge in [0.15, 0.2) is 0 Å². The predicted molar refractivity (Wildman–Crippen MR) is 99.8 cm³/mol. The summed E-state index contributed by atoms with van der Waals surface area (Å²) >= 11 is 0. The van der Waals surface area contributed by atoms with Gasteiger partial charge in [-0.1, -0.05) is 30.3 Å². The minimum absolute atomic E-state index is 0.0435. The molecule has 2 heterocycles. The van der Waals surface area contributed by atoms with E-state index >= 15 is 0 Å². The van der Waals surface area contributed by atoms with Crippen molar-refractivity contribution in [2.45, 2.75) is 24.3 Å². The summed E-state index contributed by atoms with van der Waals surface area (Å²) in [7, 11) is -3.97. The van der Waals surface area contributed by atoms with Crippen LogP contribution in [0.15, 0.2) is 53.4 Å². The van der Waals surface area contributed by atoms with Crippen molar-refractivity contribution in [1.82, 2.24) is 9.62 Å². The standard InChI is InChI=1S/C19H19N3O4S/c1-13(23)21-10-9-15-11-16(7-8-18(15)21)27(25,26)22-12-17(20-19(22)24)14-5-3-2-4-6-14/h2-8,11,17H,9-10,12H2,1H3,(H,20,24). The Morgan fingerprint density at radius 3 is 2.59 bits per heavy atom. The van der Waals surface area contributed by atoms with Crippen LogP contribution in [-0.2, 0) is 21.2 Å². The quantitative estimate of drug-likeness (QED) is 0.876. The first-order chi connectivity index (χ1) is 12.9. The van der Waals surface area contributed by atoms with Crippen LogP contribution in [0.4, 0.5) is 10.5 Å². The largest absolute Gasteiger partial charge is 0.331 e. The molecule has 1 unspecified atom stereocenters. The lowest BCUT2D eigenvalue weighted by Crippen LogP contribution is -2.34. The first-order valence-corrected chi connectivity index (χ1v) is 10.1. The molecular weight excluding hydrogens is 366 g/mol. The number of sulfonamides is 1. The summed E-state index contributed by atoms with van der Waals surface area (Å²) in [6.07, 6.45) is 0.594. The van der Waals surface area contributed by atoms with Gasteiger partial charge >= 0.3 is 6.03 Å². The molecule has 8 heteroatoms. The van der Waals surface area contributed by atoms with Crippen molar-refractivity contribution in [3.63, 3.8) is 0 Å². The van der Waals surface area contributed by atoms with E-state index in [-0.39, 0.29) is 23.4 Å². The van der Waals surface area contributed by atoms with E-state index in [1.165, 1.54) is 13.0 Å². The van der Waals surface area contributed by atoms with Crippen LogP contribution in [0, 0.1) is 0 Å². The van der Waals surface area contributed by atoms with E-state index in [2.05, 4.69) is 5.32 Å². The van der Waals surface area contributed by atoms with Gasteiger partial charge in [0, 0.05) is 19.2 Å². The fourth-order valence-electron chi connectivity index (χ4n) is 3.59. The monoisotopic (exact) mass is 385 g/mol. The van der Waals surface area contributed by atoms with Gasteiger partial charge in [-0.15, -0.1) is 0 Å². The van der Waals surface area contributed by atoms with Gasteiger partial charge in [-0.05, 0) is 35.7 Å². The summed E-state index contributed by atoms with van der Waals surface area (Å²) < 4.78 is 26.9. The first-order valence-electron chi connectivity index (χ1n) is 8.67. The Morgan fingerprint density at radius 2 is 1.89 bits per heavy atom. The number of hydrogen-bond donors (Lipinski definition) is 1. The number of nitrogens with zero attached hydrogens (tertiary/aromatic N) is 2. The van der Waals surface area contributed by atoms with E-state index < -0.39 is 16.1 Å². The Morgan fingerprint density at radius 1 is 1.15 bits per heavy atom. The molecule has 1 N–H and O–H groups in total. The molecule has 7 nitrogen and oxygen atoms in total. The molecule has 1 atom stereocenters. The van der Waals surface area contributed by atoms with Crippen molar-refractivity contribution in [2.75, 3.05) is 18.0 Å². The van der Waals surface area contributed by atoms with Crippen LogP contribution in [0.2, 0.25) is 0 Å². The van der Waals surface area contributed by atoms with Gasteiger partial charge in [-0.2, -0.15) is 0 Å². The van der Waals surface area contributed by atoms with E-state index in [4.69, 9.17) is 0 Å². The van der Waals surface area contributed by atoms with Gasteiger partial charge in [0.1, 0.15) is 0 Å². The molecule has 4 rings (SSSR count). The third kappa shape index (κ3) is 2.95. The number of hydrogen-bond acceptors (Lipinski definition) is 4. The number of urea groups is 1. The molecule has 1 saturated heterocycles. The highest BCUT2D eigenvalue weighted by atomic mass is 32.2. The van der Waals surface area contributed by atoms with E-state index in [0.29, 0.717) is 13.0 Å². The molecule has 27 heavy (non-hydrogen) atoms. The summed E-state index contributed by atoms with van der Waals surface area (Å²) in [6.45, 7) is 2.06. The molecule has 2 aromatic carbocycles. The second kappa shape index (κ2) is 6.38. The molecule has 2 aliphatic rings. The molecule has 2 aromatic rings. The Labute approximate surface area is 157 Å². The van der Waals surface area contributed by atoms with Gasteiger partial charge in [-0.3, -0.25) is 4.79 Å². The van der Waals surface area contributed by atoms with Crippen molar-refractivity contribution in [1.29, 1.82) is 0 Å². The van der Waals surface area contributed by atoms with E-state index in [0.717, 1.165) is 21.1 Å². The molecule has 0 saturated carbocycles. The Kier molecular flexibility index (Phi) is 4.15. The van der Waals surface area contributed by atoms with Gasteiger partial charge < -0.3 is 10.2 Å². The molecule has 0 aromatic heterocycles. The van der Waals surface area contributed by atoms with Crippen molar-refractivity contribution in [3.8, 4) is 0 Å². The lowest BCUT2D eigenvalue weighted by atomic mass is 10.1. The Hall–Kier alpha value is -2.87. The summed E-state index contributed by atoms with van der Waals surface area (Å²) in [5.41, 5.74) is 2.38. The van der Waals surface area contributed by atoms with Crippen LogP contribution in [0.25, 0.3) is 0 Å². The number of carbonyl (C=O) groups excluding carboxylic acids is 2. The maximum atomic E-state index is 13.0. The number of fused-ring (bicyclic) bond motifs is 1. The molecular formula is C19H19N3O4S. The van der Waals surface area contributed by atoms with Crippen molar-refractivity contribution in [2.24, 2.45) is 0 Å². The minimum atomic E-state index is -3.97. The highest BCUT2D eigenvalue weighted by Crippen LogP contribution is 2.32. The van der Waals surface area contributed by atoms with Crippen LogP contribution >= 0.6 is 0 Å². The molecule has 3 amide bonds.